The van der Waals surface area contributed by atoms with Crippen molar-refractivity contribution in [2.45, 2.75) is 33.2 Å². The first-order valence-corrected chi connectivity index (χ1v) is 8.14. The average Bonchev–Trinajstić information content (AvgIpc) is 2.65. The normalized spacial score (nSPS) is 11.4. The lowest BCUT2D eigenvalue weighted by Gasteiger charge is -2.05. The van der Waals surface area contributed by atoms with Gasteiger partial charge in [0, 0.05) is 17.3 Å². The minimum Gasteiger partial charge on any atom is -0.274 e. The first-order valence-electron chi connectivity index (χ1n) is 8.14. The van der Waals surface area contributed by atoms with Crippen molar-refractivity contribution in [1.29, 1.82) is 0 Å². The molecule has 0 aliphatic rings. The van der Waals surface area contributed by atoms with E-state index in [2.05, 4.69) is 13.8 Å². The van der Waals surface area contributed by atoms with Crippen LogP contribution in [0.4, 0.5) is 0 Å². The van der Waals surface area contributed by atoms with Crippen molar-refractivity contribution >= 4 is 21.5 Å². The van der Waals surface area contributed by atoms with Crippen molar-refractivity contribution in [2.24, 2.45) is 5.92 Å². The van der Waals surface area contributed by atoms with Crippen LogP contribution < -0.4 is 11.1 Å². The van der Waals surface area contributed by atoms with Crippen LogP contribution in [-0.4, -0.2) is 4.57 Å². The van der Waals surface area contributed by atoms with Crippen molar-refractivity contribution < 1.29 is 0 Å². The molecule has 0 fully saturated rings. The molecule has 0 N–H and O–H groups in total. The lowest BCUT2D eigenvalue weighted by molar-refractivity contribution is 0.503. The van der Waals surface area contributed by atoms with Crippen LogP contribution >= 0.6 is 0 Å². The SMILES string of the molecule is CC(C)CCCn1c(=O)c2ccccc2c2ccccc2c1=O. The molecule has 0 atom stereocenters. The molecule has 0 unspecified atom stereocenters. The number of nitrogens with zero attached hydrogens (tertiary/aromatic N) is 1. The number of fused-ring (bicyclic) bond motifs is 3. The molecule has 23 heavy (non-hydrogen) atoms. The molecule has 0 spiro atoms. The Labute approximate surface area is 135 Å². The van der Waals surface area contributed by atoms with Gasteiger partial charge in [-0.2, -0.15) is 0 Å². The van der Waals surface area contributed by atoms with E-state index in [0.717, 1.165) is 23.6 Å². The van der Waals surface area contributed by atoms with Crippen LogP contribution in [0, 0.1) is 5.92 Å². The van der Waals surface area contributed by atoms with Crippen molar-refractivity contribution in [1.82, 2.24) is 4.57 Å². The fraction of sp³-hybridized carbons (Fsp3) is 0.300. The van der Waals surface area contributed by atoms with Crippen molar-refractivity contribution in [3.8, 4) is 0 Å². The van der Waals surface area contributed by atoms with E-state index in [1.807, 2.05) is 48.5 Å². The van der Waals surface area contributed by atoms with Crippen LogP contribution in [0.5, 0.6) is 0 Å². The van der Waals surface area contributed by atoms with E-state index in [0.29, 0.717) is 23.2 Å². The molecule has 1 aromatic heterocycles. The molecule has 0 saturated heterocycles. The van der Waals surface area contributed by atoms with Gasteiger partial charge in [0.1, 0.15) is 0 Å². The van der Waals surface area contributed by atoms with Crippen LogP contribution in [0.3, 0.4) is 0 Å². The quantitative estimate of drug-likeness (QED) is 0.732. The van der Waals surface area contributed by atoms with Gasteiger partial charge in [-0.25, -0.2) is 0 Å². The van der Waals surface area contributed by atoms with Crippen LogP contribution in [-0.2, 0) is 6.54 Å². The molecule has 0 aliphatic heterocycles. The third-order valence-corrected chi connectivity index (χ3v) is 4.26. The molecule has 0 amide bonds. The largest absolute Gasteiger partial charge is 0.274 e. The van der Waals surface area contributed by atoms with E-state index in [4.69, 9.17) is 0 Å². The lowest BCUT2D eigenvalue weighted by atomic mass is 10.1. The van der Waals surface area contributed by atoms with Crippen LogP contribution in [0.2, 0.25) is 0 Å². The third-order valence-electron chi connectivity index (χ3n) is 4.26. The number of rotatable bonds is 4. The second-order valence-corrected chi connectivity index (χ2v) is 6.39. The molecule has 3 nitrogen and oxygen atoms in total. The van der Waals surface area contributed by atoms with E-state index >= 15 is 0 Å². The molecule has 3 heteroatoms. The van der Waals surface area contributed by atoms with Gasteiger partial charge >= 0.3 is 0 Å². The zero-order valence-electron chi connectivity index (χ0n) is 13.6. The summed E-state index contributed by atoms with van der Waals surface area (Å²) >= 11 is 0. The van der Waals surface area contributed by atoms with Gasteiger partial charge < -0.3 is 0 Å². The summed E-state index contributed by atoms with van der Waals surface area (Å²) < 4.78 is 1.41. The Bertz CT molecular complexity index is 898. The number of hydrogen-bond acceptors (Lipinski definition) is 2. The standard InChI is InChI=1S/C20H21NO2/c1-14(2)8-7-13-21-19(22)17-11-5-3-9-15(17)16-10-4-6-12-18(16)20(21)23/h3-6,9-12,14H,7-8,13H2,1-2H3. The Kier molecular flexibility index (Phi) is 4.28. The van der Waals surface area contributed by atoms with Gasteiger partial charge in [0.25, 0.3) is 11.1 Å². The predicted molar refractivity (Wildman–Crippen MR) is 96.1 cm³/mol. The molecular weight excluding hydrogens is 286 g/mol. The first kappa shape index (κ1) is 15.5. The lowest BCUT2D eigenvalue weighted by Crippen LogP contribution is -2.30. The highest BCUT2D eigenvalue weighted by Gasteiger charge is 2.10. The fourth-order valence-electron chi connectivity index (χ4n) is 3.05. The average molecular weight is 307 g/mol. The van der Waals surface area contributed by atoms with Gasteiger partial charge in [-0.15, -0.1) is 0 Å². The molecule has 0 aliphatic carbocycles. The maximum atomic E-state index is 12.9. The summed E-state index contributed by atoms with van der Waals surface area (Å²) in [6, 6.07) is 14.9. The highest BCUT2D eigenvalue weighted by Crippen LogP contribution is 2.19. The summed E-state index contributed by atoms with van der Waals surface area (Å²) in [5.41, 5.74) is -0.379. The molecule has 0 radical (unpaired) electrons. The molecular formula is C20H21NO2. The summed E-state index contributed by atoms with van der Waals surface area (Å²) in [6.07, 6.45) is 1.83. The van der Waals surface area contributed by atoms with Gasteiger partial charge in [0.2, 0.25) is 0 Å². The third kappa shape index (κ3) is 2.91. The summed E-state index contributed by atoms with van der Waals surface area (Å²) in [7, 11) is 0. The summed E-state index contributed by atoms with van der Waals surface area (Å²) in [5.74, 6) is 0.562. The van der Waals surface area contributed by atoms with E-state index in [-0.39, 0.29) is 11.1 Å². The number of hydrogen-bond donors (Lipinski definition) is 0. The smallest absolute Gasteiger partial charge is 0.261 e. The van der Waals surface area contributed by atoms with Crippen molar-refractivity contribution in [3.63, 3.8) is 0 Å². The number of aromatic nitrogens is 1. The summed E-state index contributed by atoms with van der Waals surface area (Å²) in [6.45, 7) is 4.77. The van der Waals surface area contributed by atoms with Gasteiger partial charge in [0.15, 0.2) is 0 Å². The van der Waals surface area contributed by atoms with E-state index < -0.39 is 0 Å². The maximum Gasteiger partial charge on any atom is 0.261 e. The molecule has 0 saturated carbocycles. The minimum absolute atomic E-state index is 0.189. The van der Waals surface area contributed by atoms with E-state index in [9.17, 15) is 9.59 Å². The van der Waals surface area contributed by atoms with E-state index in [1.54, 1.807) is 0 Å². The Morgan fingerprint density at radius 1 is 0.783 bits per heavy atom. The van der Waals surface area contributed by atoms with Crippen molar-refractivity contribution in [2.75, 3.05) is 0 Å². The molecule has 118 valence electrons. The van der Waals surface area contributed by atoms with Gasteiger partial charge in [-0.3, -0.25) is 14.2 Å². The highest BCUT2D eigenvalue weighted by molar-refractivity contribution is 6.05. The van der Waals surface area contributed by atoms with Gasteiger partial charge in [0.05, 0.1) is 0 Å². The fourth-order valence-corrected chi connectivity index (χ4v) is 3.05. The Balaban J connectivity index is 2.35. The summed E-state index contributed by atoms with van der Waals surface area (Å²) in [5, 5.41) is 2.89. The molecule has 3 rings (SSSR count). The predicted octanol–water partition coefficient (Wildman–Crippen LogP) is 3.95. The Morgan fingerprint density at radius 3 is 1.65 bits per heavy atom. The molecule has 3 aromatic rings. The second kappa shape index (κ2) is 6.37. The Hall–Kier alpha value is -2.42. The number of benzene rings is 2. The first-order chi connectivity index (χ1) is 11.1. The van der Waals surface area contributed by atoms with Crippen molar-refractivity contribution in [3.05, 3.63) is 69.2 Å². The zero-order chi connectivity index (χ0) is 16.4. The van der Waals surface area contributed by atoms with E-state index in [1.165, 1.54) is 4.57 Å². The van der Waals surface area contributed by atoms with Gasteiger partial charge in [-0.05, 0) is 41.7 Å². The zero-order valence-corrected chi connectivity index (χ0v) is 13.6. The second-order valence-electron chi connectivity index (χ2n) is 6.39. The van der Waals surface area contributed by atoms with Crippen LogP contribution in [0.25, 0.3) is 21.5 Å². The Morgan fingerprint density at radius 2 is 1.22 bits per heavy atom. The highest BCUT2D eigenvalue weighted by atomic mass is 16.2. The maximum absolute atomic E-state index is 12.9. The topological polar surface area (TPSA) is 39.1 Å². The van der Waals surface area contributed by atoms with Gasteiger partial charge in [-0.1, -0.05) is 50.2 Å². The molecule has 2 aromatic carbocycles. The van der Waals surface area contributed by atoms with Crippen LogP contribution in [0.1, 0.15) is 26.7 Å². The van der Waals surface area contributed by atoms with Crippen LogP contribution in [0.15, 0.2) is 58.1 Å². The molecule has 1 heterocycles. The molecule has 0 bridgehead atoms. The minimum atomic E-state index is -0.189. The summed E-state index contributed by atoms with van der Waals surface area (Å²) in [4.78, 5) is 25.8. The monoisotopic (exact) mass is 307 g/mol.